The third-order valence-electron chi connectivity index (χ3n) is 5.01. The number of aromatic nitrogens is 2. The van der Waals surface area contributed by atoms with Gasteiger partial charge >= 0.3 is 0 Å². The molecule has 2 atom stereocenters. The summed E-state index contributed by atoms with van der Waals surface area (Å²) in [7, 11) is 0. The molecule has 25 heavy (non-hydrogen) atoms. The second-order valence-electron chi connectivity index (χ2n) is 6.89. The van der Waals surface area contributed by atoms with E-state index in [2.05, 4.69) is 51.9 Å². The molecule has 1 aromatic heterocycles. The van der Waals surface area contributed by atoms with E-state index >= 15 is 0 Å². The van der Waals surface area contributed by atoms with E-state index in [4.69, 9.17) is 4.84 Å². The van der Waals surface area contributed by atoms with Gasteiger partial charge in [-0.3, -0.25) is 9.89 Å². The SMILES string of the molecule is Cc1ccc(C2=NO[C@H](CNC(=O)[C@H]3CCc4cn[nH]c4C3)C2)cc1. The quantitative estimate of drug-likeness (QED) is 0.896. The highest BCUT2D eigenvalue weighted by Crippen LogP contribution is 2.24. The van der Waals surface area contributed by atoms with Crippen LogP contribution in [0.5, 0.6) is 0 Å². The van der Waals surface area contributed by atoms with E-state index in [1.54, 1.807) is 0 Å². The number of nitrogens with zero attached hydrogens (tertiary/aromatic N) is 2. The summed E-state index contributed by atoms with van der Waals surface area (Å²) in [5.74, 6) is 0.0967. The summed E-state index contributed by atoms with van der Waals surface area (Å²) >= 11 is 0. The predicted molar refractivity (Wildman–Crippen MR) is 94.3 cm³/mol. The third kappa shape index (κ3) is 3.43. The van der Waals surface area contributed by atoms with Crippen molar-refractivity contribution in [3.8, 4) is 0 Å². The lowest BCUT2D eigenvalue weighted by molar-refractivity contribution is -0.125. The molecule has 2 N–H and O–H groups in total. The van der Waals surface area contributed by atoms with Crippen LogP contribution in [0.25, 0.3) is 0 Å². The summed E-state index contributed by atoms with van der Waals surface area (Å²) < 4.78 is 0. The minimum Gasteiger partial charge on any atom is -0.390 e. The fraction of sp³-hybridized carbons (Fsp3) is 0.421. The van der Waals surface area contributed by atoms with E-state index in [0.717, 1.165) is 42.7 Å². The fourth-order valence-electron chi connectivity index (χ4n) is 3.45. The van der Waals surface area contributed by atoms with E-state index in [1.807, 2.05) is 6.20 Å². The first-order valence-electron chi connectivity index (χ1n) is 8.77. The van der Waals surface area contributed by atoms with Crippen LogP contribution in [0.4, 0.5) is 0 Å². The molecule has 0 saturated heterocycles. The van der Waals surface area contributed by atoms with Crippen molar-refractivity contribution in [2.24, 2.45) is 11.1 Å². The van der Waals surface area contributed by atoms with Crippen LogP contribution in [0.1, 0.15) is 35.2 Å². The number of hydrogen-bond donors (Lipinski definition) is 2. The molecule has 1 aliphatic heterocycles. The van der Waals surface area contributed by atoms with E-state index in [1.165, 1.54) is 11.1 Å². The highest BCUT2D eigenvalue weighted by atomic mass is 16.6. The number of fused-ring (bicyclic) bond motifs is 1. The van der Waals surface area contributed by atoms with Crippen LogP contribution in [-0.4, -0.2) is 34.5 Å². The van der Waals surface area contributed by atoms with Gasteiger partial charge in [-0.15, -0.1) is 0 Å². The summed E-state index contributed by atoms with van der Waals surface area (Å²) in [6, 6.07) is 8.25. The number of carbonyl (C=O) groups is 1. The van der Waals surface area contributed by atoms with Gasteiger partial charge in [0.25, 0.3) is 0 Å². The van der Waals surface area contributed by atoms with Crippen LogP contribution < -0.4 is 5.32 Å². The van der Waals surface area contributed by atoms with E-state index < -0.39 is 0 Å². The van der Waals surface area contributed by atoms with E-state index in [9.17, 15) is 4.79 Å². The summed E-state index contributed by atoms with van der Waals surface area (Å²) in [6.45, 7) is 2.55. The summed E-state index contributed by atoms with van der Waals surface area (Å²) in [4.78, 5) is 17.9. The average Bonchev–Trinajstić information content (AvgIpc) is 3.29. The van der Waals surface area contributed by atoms with E-state index in [0.29, 0.717) is 6.54 Å². The van der Waals surface area contributed by atoms with Crippen molar-refractivity contribution in [3.63, 3.8) is 0 Å². The van der Waals surface area contributed by atoms with Crippen molar-refractivity contribution in [3.05, 3.63) is 52.8 Å². The third-order valence-corrected chi connectivity index (χ3v) is 5.01. The van der Waals surface area contributed by atoms with Gasteiger partial charge in [-0.2, -0.15) is 5.10 Å². The van der Waals surface area contributed by atoms with Gasteiger partial charge in [0.15, 0.2) is 0 Å². The van der Waals surface area contributed by atoms with Gasteiger partial charge in [-0.05, 0) is 30.9 Å². The molecule has 1 amide bonds. The van der Waals surface area contributed by atoms with Crippen molar-refractivity contribution in [1.82, 2.24) is 15.5 Å². The molecule has 6 heteroatoms. The Morgan fingerprint density at radius 2 is 2.16 bits per heavy atom. The van der Waals surface area contributed by atoms with Crippen molar-refractivity contribution in [1.29, 1.82) is 0 Å². The zero-order valence-corrected chi connectivity index (χ0v) is 14.3. The maximum Gasteiger partial charge on any atom is 0.223 e. The Morgan fingerprint density at radius 3 is 3.00 bits per heavy atom. The molecular formula is C19H22N4O2. The van der Waals surface area contributed by atoms with Crippen LogP contribution in [-0.2, 0) is 22.5 Å². The number of oxime groups is 1. The monoisotopic (exact) mass is 338 g/mol. The lowest BCUT2D eigenvalue weighted by atomic mass is 9.87. The Bertz CT molecular complexity index is 794. The van der Waals surface area contributed by atoms with Crippen LogP contribution >= 0.6 is 0 Å². The minimum absolute atomic E-state index is 0.00633. The molecule has 2 heterocycles. The smallest absolute Gasteiger partial charge is 0.223 e. The Labute approximate surface area is 146 Å². The molecule has 0 spiro atoms. The van der Waals surface area contributed by atoms with Crippen molar-refractivity contribution in [2.45, 2.75) is 38.7 Å². The van der Waals surface area contributed by atoms with Gasteiger partial charge in [0.2, 0.25) is 5.91 Å². The maximum absolute atomic E-state index is 12.4. The normalized spacial score (nSPS) is 22.0. The largest absolute Gasteiger partial charge is 0.390 e. The Balaban J connectivity index is 1.27. The first-order valence-corrected chi connectivity index (χ1v) is 8.77. The highest BCUT2D eigenvalue weighted by molar-refractivity contribution is 6.01. The van der Waals surface area contributed by atoms with Crippen LogP contribution in [0.3, 0.4) is 0 Å². The molecule has 1 aromatic carbocycles. The molecule has 2 aromatic rings. The molecular weight excluding hydrogens is 316 g/mol. The molecule has 6 nitrogen and oxygen atoms in total. The van der Waals surface area contributed by atoms with Crippen LogP contribution in [0.15, 0.2) is 35.6 Å². The molecule has 4 rings (SSSR count). The number of benzene rings is 1. The number of H-pyrrole nitrogens is 1. The maximum atomic E-state index is 12.4. The number of amides is 1. The zero-order valence-electron chi connectivity index (χ0n) is 14.3. The number of nitrogens with one attached hydrogen (secondary N) is 2. The molecule has 2 aliphatic rings. The first-order chi connectivity index (χ1) is 12.2. The molecule has 0 fully saturated rings. The van der Waals surface area contributed by atoms with Gasteiger partial charge in [0.1, 0.15) is 6.10 Å². The minimum atomic E-state index is -0.0911. The molecule has 0 bridgehead atoms. The number of aryl methyl sites for hydroxylation is 2. The highest BCUT2D eigenvalue weighted by Gasteiger charge is 2.28. The topological polar surface area (TPSA) is 79.4 Å². The second-order valence-corrected chi connectivity index (χ2v) is 6.89. The number of hydrogen-bond acceptors (Lipinski definition) is 4. The van der Waals surface area contributed by atoms with Gasteiger partial charge < -0.3 is 10.2 Å². The molecule has 130 valence electrons. The van der Waals surface area contributed by atoms with Gasteiger partial charge in [-0.25, -0.2) is 0 Å². The Morgan fingerprint density at radius 1 is 1.32 bits per heavy atom. The van der Waals surface area contributed by atoms with Gasteiger partial charge in [0, 0.05) is 24.5 Å². The molecule has 1 aliphatic carbocycles. The van der Waals surface area contributed by atoms with Crippen LogP contribution in [0.2, 0.25) is 0 Å². The van der Waals surface area contributed by atoms with E-state index in [-0.39, 0.29) is 17.9 Å². The van der Waals surface area contributed by atoms with Gasteiger partial charge in [0.05, 0.1) is 18.5 Å². The van der Waals surface area contributed by atoms with Gasteiger partial charge in [-0.1, -0.05) is 35.0 Å². The fourth-order valence-corrected chi connectivity index (χ4v) is 3.45. The zero-order chi connectivity index (χ0) is 17.2. The first kappa shape index (κ1) is 15.9. The van der Waals surface area contributed by atoms with Crippen molar-refractivity contribution >= 4 is 11.6 Å². The number of rotatable bonds is 4. The Kier molecular flexibility index (Phi) is 4.26. The second kappa shape index (κ2) is 6.70. The average molecular weight is 338 g/mol. The number of aromatic amines is 1. The summed E-state index contributed by atoms with van der Waals surface area (Å²) in [5.41, 5.74) is 5.57. The standard InChI is InChI=1S/C19H22N4O2/c1-12-2-4-13(5-3-12)18-9-16(25-23-18)11-20-19(24)14-6-7-15-10-21-22-17(15)8-14/h2-5,10,14,16H,6-9,11H2,1H3,(H,20,24)(H,21,22)/t14-,16-/m0/s1. The molecule has 0 unspecified atom stereocenters. The van der Waals surface area contributed by atoms with Crippen molar-refractivity contribution < 1.29 is 9.63 Å². The summed E-state index contributed by atoms with van der Waals surface area (Å²) in [5, 5.41) is 14.3. The Hall–Kier alpha value is -2.63. The predicted octanol–water partition coefficient (Wildman–Crippen LogP) is 2.13. The van der Waals surface area contributed by atoms with Crippen LogP contribution in [0, 0.1) is 12.8 Å². The van der Waals surface area contributed by atoms with Crippen molar-refractivity contribution in [2.75, 3.05) is 6.54 Å². The lowest BCUT2D eigenvalue weighted by Crippen LogP contribution is -2.38. The lowest BCUT2D eigenvalue weighted by Gasteiger charge is -2.21. The molecule has 0 radical (unpaired) electrons. The number of carbonyl (C=O) groups excluding carboxylic acids is 1. The summed E-state index contributed by atoms with van der Waals surface area (Å²) in [6.07, 6.45) is 5.00. The molecule has 0 saturated carbocycles.